The van der Waals surface area contributed by atoms with Gasteiger partial charge in [0, 0.05) is 16.7 Å². The highest BCUT2D eigenvalue weighted by Crippen LogP contribution is 2.37. The van der Waals surface area contributed by atoms with E-state index >= 15 is 0 Å². The van der Waals surface area contributed by atoms with Crippen LogP contribution in [0.4, 0.5) is 15.9 Å². The third-order valence-electron chi connectivity index (χ3n) is 4.39. The number of rotatable bonds is 1. The van der Waals surface area contributed by atoms with Crippen LogP contribution in [0.3, 0.4) is 0 Å². The van der Waals surface area contributed by atoms with Crippen LogP contribution in [0.25, 0.3) is 10.9 Å². The molecule has 2 aromatic carbocycles. The summed E-state index contributed by atoms with van der Waals surface area (Å²) in [6, 6.07) is 10.6. The van der Waals surface area contributed by atoms with E-state index in [1.807, 2.05) is 23.1 Å². The lowest BCUT2D eigenvalue weighted by atomic mass is 10.1. The van der Waals surface area contributed by atoms with Crippen LogP contribution in [0, 0.1) is 5.82 Å². The minimum absolute atomic E-state index is 0.352. The number of anilines is 2. The first-order valence-electron chi connectivity index (χ1n) is 7.88. The summed E-state index contributed by atoms with van der Waals surface area (Å²) >= 11 is 3.61. The van der Waals surface area contributed by atoms with Gasteiger partial charge in [0.2, 0.25) is 0 Å². The van der Waals surface area contributed by atoms with Gasteiger partial charge >= 0.3 is 5.69 Å². The van der Waals surface area contributed by atoms with E-state index in [1.165, 1.54) is 11.6 Å². The van der Waals surface area contributed by atoms with Crippen molar-refractivity contribution in [2.75, 3.05) is 11.4 Å². The highest BCUT2D eigenvalue weighted by molar-refractivity contribution is 9.10. The third-order valence-corrected chi connectivity index (χ3v) is 5.13. The molecular formula is C18H15BrFN3O. The molecule has 2 heterocycles. The minimum Gasteiger partial charge on any atom is -0.325 e. The van der Waals surface area contributed by atoms with E-state index in [2.05, 4.69) is 25.9 Å². The predicted molar refractivity (Wildman–Crippen MR) is 96.4 cm³/mol. The Morgan fingerprint density at radius 1 is 1.17 bits per heavy atom. The monoisotopic (exact) mass is 387 g/mol. The Labute approximate surface area is 146 Å². The minimum atomic E-state index is -0.469. The maximum absolute atomic E-state index is 14.5. The molecule has 122 valence electrons. The molecular weight excluding hydrogens is 373 g/mol. The molecule has 4 nitrogen and oxygen atoms in total. The molecule has 4 rings (SSSR count). The standard InChI is InChI=1S/C18H15BrFN3O/c19-12-6-3-9-15-11(12)5-1-2-10-23(15)17-16-13(20)7-4-8-14(16)21-18(24)22-17/h3-4,6-9H,1-2,5,10H2,(H,21,22,24). The quantitative estimate of drug-likeness (QED) is 0.676. The fourth-order valence-electron chi connectivity index (χ4n) is 3.31. The number of benzene rings is 2. The zero-order valence-corrected chi connectivity index (χ0v) is 14.4. The highest BCUT2D eigenvalue weighted by Gasteiger charge is 2.23. The summed E-state index contributed by atoms with van der Waals surface area (Å²) < 4.78 is 15.5. The number of nitrogens with one attached hydrogen (secondary N) is 1. The molecule has 1 N–H and O–H groups in total. The number of aromatic amines is 1. The summed E-state index contributed by atoms with van der Waals surface area (Å²) in [5, 5.41) is 0.352. The summed E-state index contributed by atoms with van der Waals surface area (Å²) in [7, 11) is 0. The molecule has 0 atom stereocenters. The van der Waals surface area contributed by atoms with Crippen LogP contribution in [0.2, 0.25) is 0 Å². The molecule has 0 saturated heterocycles. The van der Waals surface area contributed by atoms with E-state index in [4.69, 9.17) is 0 Å². The molecule has 0 fully saturated rings. The van der Waals surface area contributed by atoms with Gasteiger partial charge in [-0.3, -0.25) is 0 Å². The van der Waals surface area contributed by atoms with Crippen molar-refractivity contribution in [3.05, 3.63) is 62.7 Å². The number of H-pyrrole nitrogens is 1. The molecule has 0 amide bonds. The van der Waals surface area contributed by atoms with Crippen molar-refractivity contribution in [3.8, 4) is 0 Å². The Bertz CT molecular complexity index is 986. The van der Waals surface area contributed by atoms with Crippen LogP contribution in [0.1, 0.15) is 18.4 Å². The van der Waals surface area contributed by atoms with Gasteiger partial charge in [0.1, 0.15) is 5.82 Å². The molecule has 0 saturated carbocycles. The molecule has 1 aromatic heterocycles. The van der Waals surface area contributed by atoms with Crippen LogP contribution in [0.15, 0.2) is 45.7 Å². The predicted octanol–water partition coefficient (Wildman–Crippen LogP) is 4.30. The Morgan fingerprint density at radius 3 is 2.88 bits per heavy atom. The van der Waals surface area contributed by atoms with Crippen LogP contribution < -0.4 is 10.6 Å². The van der Waals surface area contributed by atoms with Gasteiger partial charge in [-0.1, -0.05) is 28.1 Å². The fraction of sp³-hybridized carbons (Fsp3) is 0.222. The summed E-state index contributed by atoms with van der Waals surface area (Å²) in [6.45, 7) is 0.698. The second kappa shape index (κ2) is 6.02. The maximum Gasteiger partial charge on any atom is 0.347 e. The van der Waals surface area contributed by atoms with Gasteiger partial charge in [0.25, 0.3) is 0 Å². The third kappa shape index (κ3) is 2.51. The maximum atomic E-state index is 14.5. The van der Waals surface area contributed by atoms with Crippen molar-refractivity contribution in [2.45, 2.75) is 19.3 Å². The SMILES string of the molecule is O=c1nc(N2CCCCc3c(Br)cccc32)c2c(F)cccc2[nH]1. The lowest BCUT2D eigenvalue weighted by Gasteiger charge is -2.25. The Kier molecular flexibility index (Phi) is 3.84. The van der Waals surface area contributed by atoms with E-state index in [0.29, 0.717) is 23.3 Å². The van der Waals surface area contributed by atoms with Gasteiger partial charge < -0.3 is 9.88 Å². The normalized spacial score (nSPS) is 14.5. The summed E-state index contributed by atoms with van der Waals surface area (Å²) in [6.07, 6.45) is 2.93. The summed E-state index contributed by atoms with van der Waals surface area (Å²) in [5.74, 6) is 0.000133. The first-order chi connectivity index (χ1) is 11.6. The summed E-state index contributed by atoms with van der Waals surface area (Å²) in [5.41, 5.74) is 2.14. The van der Waals surface area contributed by atoms with Crippen LogP contribution >= 0.6 is 15.9 Å². The van der Waals surface area contributed by atoms with Gasteiger partial charge in [0.15, 0.2) is 5.82 Å². The molecule has 0 radical (unpaired) electrons. The van der Waals surface area contributed by atoms with Crippen molar-refractivity contribution in [1.29, 1.82) is 0 Å². The van der Waals surface area contributed by atoms with Crippen LogP contribution in [0.5, 0.6) is 0 Å². The molecule has 0 spiro atoms. The van der Waals surface area contributed by atoms with Crippen molar-refractivity contribution < 1.29 is 4.39 Å². The number of aromatic nitrogens is 2. The molecule has 24 heavy (non-hydrogen) atoms. The van der Waals surface area contributed by atoms with Crippen LogP contribution in [-0.2, 0) is 6.42 Å². The number of nitrogens with zero attached hydrogens (tertiary/aromatic N) is 2. The van der Waals surface area contributed by atoms with E-state index in [-0.39, 0.29) is 5.82 Å². The van der Waals surface area contributed by atoms with Gasteiger partial charge in [-0.05, 0) is 49.1 Å². The zero-order chi connectivity index (χ0) is 16.7. The Hall–Kier alpha value is -2.21. The van der Waals surface area contributed by atoms with Gasteiger partial charge in [-0.15, -0.1) is 0 Å². The Balaban J connectivity index is 2.02. The molecule has 1 aliphatic rings. The number of halogens is 2. The lowest BCUT2D eigenvalue weighted by Crippen LogP contribution is -2.24. The summed E-state index contributed by atoms with van der Waals surface area (Å²) in [4.78, 5) is 20.7. The first-order valence-corrected chi connectivity index (χ1v) is 8.68. The second-order valence-electron chi connectivity index (χ2n) is 5.87. The molecule has 0 bridgehead atoms. The molecule has 0 aliphatic carbocycles. The van der Waals surface area contributed by atoms with Gasteiger partial charge in [-0.25, -0.2) is 9.18 Å². The highest BCUT2D eigenvalue weighted by atomic mass is 79.9. The largest absolute Gasteiger partial charge is 0.347 e. The average Bonchev–Trinajstić information content (AvgIpc) is 2.77. The van der Waals surface area contributed by atoms with E-state index in [9.17, 15) is 9.18 Å². The van der Waals surface area contributed by atoms with Gasteiger partial charge in [-0.2, -0.15) is 4.98 Å². The van der Waals surface area contributed by atoms with Crippen molar-refractivity contribution in [2.24, 2.45) is 0 Å². The fourth-order valence-corrected chi connectivity index (χ4v) is 3.86. The van der Waals surface area contributed by atoms with E-state index in [0.717, 1.165) is 29.4 Å². The van der Waals surface area contributed by atoms with Crippen LogP contribution in [-0.4, -0.2) is 16.5 Å². The second-order valence-corrected chi connectivity index (χ2v) is 6.73. The lowest BCUT2D eigenvalue weighted by molar-refractivity contribution is 0.638. The van der Waals surface area contributed by atoms with E-state index in [1.54, 1.807) is 12.1 Å². The number of hydrogen-bond donors (Lipinski definition) is 1. The van der Waals surface area contributed by atoms with Crippen molar-refractivity contribution in [3.63, 3.8) is 0 Å². The smallest absolute Gasteiger partial charge is 0.325 e. The molecule has 3 aromatic rings. The topological polar surface area (TPSA) is 49.0 Å². The molecule has 6 heteroatoms. The molecule has 0 unspecified atom stereocenters. The first kappa shape index (κ1) is 15.3. The average molecular weight is 388 g/mol. The van der Waals surface area contributed by atoms with Crippen molar-refractivity contribution in [1.82, 2.24) is 9.97 Å². The Morgan fingerprint density at radius 2 is 2.00 bits per heavy atom. The zero-order valence-electron chi connectivity index (χ0n) is 12.9. The van der Waals surface area contributed by atoms with Gasteiger partial charge in [0.05, 0.1) is 10.9 Å². The van der Waals surface area contributed by atoms with Crippen molar-refractivity contribution >= 4 is 38.3 Å². The number of hydrogen-bond acceptors (Lipinski definition) is 3. The molecule has 1 aliphatic heterocycles. The van der Waals surface area contributed by atoms with E-state index < -0.39 is 5.69 Å². The number of fused-ring (bicyclic) bond motifs is 2.